The van der Waals surface area contributed by atoms with Crippen LogP contribution in [0, 0.1) is 5.82 Å². The maximum atomic E-state index is 13.8. The Balaban J connectivity index is 2.59. The Labute approximate surface area is 102 Å². The average molecular weight is 247 g/mol. The van der Waals surface area contributed by atoms with E-state index >= 15 is 0 Å². The summed E-state index contributed by atoms with van der Waals surface area (Å²) in [4.78, 5) is 19.1. The van der Waals surface area contributed by atoms with Crippen LogP contribution in [0.25, 0.3) is 11.3 Å². The standard InChI is InChI=1S/C12H10FN3O2/c1-18-12(17)8-4-7(9(13)5-10(8)14)11-2-3-15-6-16-11/h2-6H,14H2,1H3. The zero-order valence-corrected chi connectivity index (χ0v) is 9.55. The number of anilines is 1. The van der Waals surface area contributed by atoms with Crippen LogP contribution in [0.2, 0.25) is 0 Å². The lowest BCUT2D eigenvalue weighted by Gasteiger charge is -2.08. The first-order chi connectivity index (χ1) is 8.63. The van der Waals surface area contributed by atoms with Crippen LogP contribution in [0.5, 0.6) is 0 Å². The third-order valence-corrected chi connectivity index (χ3v) is 2.40. The highest BCUT2D eigenvalue weighted by atomic mass is 19.1. The zero-order chi connectivity index (χ0) is 13.1. The molecule has 2 aromatic rings. The fraction of sp³-hybridized carbons (Fsp3) is 0.0833. The van der Waals surface area contributed by atoms with Crippen molar-refractivity contribution < 1.29 is 13.9 Å². The molecule has 0 amide bonds. The van der Waals surface area contributed by atoms with Gasteiger partial charge in [-0.2, -0.15) is 0 Å². The number of benzene rings is 1. The van der Waals surface area contributed by atoms with Gasteiger partial charge in [-0.25, -0.2) is 19.2 Å². The van der Waals surface area contributed by atoms with Crippen LogP contribution in [0.4, 0.5) is 10.1 Å². The molecule has 0 aliphatic heterocycles. The molecule has 1 heterocycles. The molecule has 6 heteroatoms. The number of carbonyl (C=O) groups is 1. The number of halogens is 1. The molecule has 1 aromatic heterocycles. The van der Waals surface area contributed by atoms with E-state index in [4.69, 9.17) is 5.73 Å². The Morgan fingerprint density at radius 3 is 2.83 bits per heavy atom. The predicted molar refractivity (Wildman–Crippen MR) is 63.2 cm³/mol. The normalized spacial score (nSPS) is 10.1. The van der Waals surface area contributed by atoms with Gasteiger partial charge in [0.05, 0.1) is 18.4 Å². The van der Waals surface area contributed by atoms with Gasteiger partial charge in [-0.1, -0.05) is 0 Å². The van der Waals surface area contributed by atoms with E-state index in [2.05, 4.69) is 14.7 Å². The van der Waals surface area contributed by atoms with Crippen molar-refractivity contribution >= 4 is 11.7 Å². The van der Waals surface area contributed by atoms with Crippen molar-refractivity contribution in [3.05, 3.63) is 42.1 Å². The van der Waals surface area contributed by atoms with Crippen LogP contribution in [0.3, 0.4) is 0 Å². The Morgan fingerprint density at radius 2 is 2.22 bits per heavy atom. The monoisotopic (exact) mass is 247 g/mol. The van der Waals surface area contributed by atoms with Crippen molar-refractivity contribution in [3.8, 4) is 11.3 Å². The first-order valence-corrected chi connectivity index (χ1v) is 5.07. The molecule has 0 saturated heterocycles. The highest BCUT2D eigenvalue weighted by Crippen LogP contribution is 2.26. The summed E-state index contributed by atoms with van der Waals surface area (Å²) in [6.07, 6.45) is 2.78. The Kier molecular flexibility index (Phi) is 3.18. The SMILES string of the molecule is COC(=O)c1cc(-c2ccncn2)c(F)cc1N. The van der Waals surface area contributed by atoms with Gasteiger partial charge < -0.3 is 10.5 Å². The van der Waals surface area contributed by atoms with Crippen LogP contribution in [0.1, 0.15) is 10.4 Å². The number of esters is 1. The van der Waals surface area contributed by atoms with Gasteiger partial charge in [0.15, 0.2) is 0 Å². The fourth-order valence-corrected chi connectivity index (χ4v) is 1.52. The van der Waals surface area contributed by atoms with Crippen molar-refractivity contribution in [2.24, 2.45) is 0 Å². The van der Waals surface area contributed by atoms with Gasteiger partial charge in [0.1, 0.15) is 12.1 Å². The second kappa shape index (κ2) is 4.79. The highest BCUT2D eigenvalue weighted by Gasteiger charge is 2.16. The number of nitrogens with zero attached hydrogens (tertiary/aromatic N) is 2. The number of ether oxygens (including phenoxy) is 1. The molecule has 2 N–H and O–H groups in total. The highest BCUT2D eigenvalue weighted by molar-refractivity contribution is 5.96. The smallest absolute Gasteiger partial charge is 0.339 e. The molecule has 1 aromatic carbocycles. The van der Waals surface area contributed by atoms with Gasteiger partial charge >= 0.3 is 5.97 Å². The molecule has 2 rings (SSSR count). The van der Waals surface area contributed by atoms with E-state index in [0.717, 1.165) is 6.07 Å². The second-order valence-corrected chi connectivity index (χ2v) is 3.51. The van der Waals surface area contributed by atoms with Crippen molar-refractivity contribution in [2.45, 2.75) is 0 Å². The number of carbonyl (C=O) groups excluding carboxylic acids is 1. The van der Waals surface area contributed by atoms with Crippen LogP contribution in [0.15, 0.2) is 30.7 Å². The minimum Gasteiger partial charge on any atom is -0.465 e. The summed E-state index contributed by atoms with van der Waals surface area (Å²) in [5.41, 5.74) is 6.24. The number of methoxy groups -OCH3 is 1. The maximum absolute atomic E-state index is 13.8. The lowest BCUT2D eigenvalue weighted by Crippen LogP contribution is -2.07. The van der Waals surface area contributed by atoms with Crippen LogP contribution >= 0.6 is 0 Å². The Hall–Kier alpha value is -2.50. The van der Waals surface area contributed by atoms with Gasteiger partial charge in [-0.05, 0) is 18.2 Å². The number of hydrogen-bond donors (Lipinski definition) is 1. The molecular weight excluding hydrogens is 237 g/mol. The van der Waals surface area contributed by atoms with Crippen LogP contribution in [-0.2, 0) is 4.74 Å². The first kappa shape index (κ1) is 12.0. The van der Waals surface area contributed by atoms with E-state index in [1.54, 1.807) is 0 Å². The van der Waals surface area contributed by atoms with Crippen molar-refractivity contribution in [3.63, 3.8) is 0 Å². The summed E-state index contributed by atoms with van der Waals surface area (Å²) in [6, 6.07) is 3.93. The van der Waals surface area contributed by atoms with Crippen molar-refractivity contribution in [2.75, 3.05) is 12.8 Å². The summed E-state index contributed by atoms with van der Waals surface area (Å²) in [5.74, 6) is -1.18. The minimum atomic E-state index is -0.622. The summed E-state index contributed by atoms with van der Waals surface area (Å²) < 4.78 is 18.4. The Bertz CT molecular complexity index is 587. The third kappa shape index (κ3) is 2.13. The second-order valence-electron chi connectivity index (χ2n) is 3.51. The lowest BCUT2D eigenvalue weighted by atomic mass is 10.1. The average Bonchev–Trinajstić information content (AvgIpc) is 2.39. The molecule has 0 unspecified atom stereocenters. The van der Waals surface area contributed by atoms with E-state index in [1.165, 1.54) is 31.8 Å². The van der Waals surface area contributed by atoms with Gasteiger partial charge in [0, 0.05) is 17.4 Å². The van der Waals surface area contributed by atoms with Gasteiger partial charge in [0.2, 0.25) is 0 Å². The molecule has 0 spiro atoms. The maximum Gasteiger partial charge on any atom is 0.339 e. The molecule has 0 saturated carbocycles. The van der Waals surface area contributed by atoms with E-state index in [9.17, 15) is 9.18 Å². The van der Waals surface area contributed by atoms with Crippen LogP contribution < -0.4 is 5.73 Å². The van der Waals surface area contributed by atoms with Gasteiger partial charge in [-0.15, -0.1) is 0 Å². The van der Waals surface area contributed by atoms with Gasteiger partial charge in [-0.3, -0.25) is 0 Å². The fourth-order valence-electron chi connectivity index (χ4n) is 1.52. The number of hydrogen-bond acceptors (Lipinski definition) is 5. The third-order valence-electron chi connectivity index (χ3n) is 2.40. The molecule has 5 nitrogen and oxygen atoms in total. The first-order valence-electron chi connectivity index (χ1n) is 5.07. The molecule has 0 bridgehead atoms. The molecule has 0 atom stereocenters. The van der Waals surface area contributed by atoms with Crippen molar-refractivity contribution in [1.82, 2.24) is 9.97 Å². The van der Waals surface area contributed by atoms with Crippen LogP contribution in [-0.4, -0.2) is 23.0 Å². The number of nitrogen functional groups attached to an aromatic ring is 1. The largest absolute Gasteiger partial charge is 0.465 e. The summed E-state index contributed by atoms with van der Waals surface area (Å²) >= 11 is 0. The summed E-state index contributed by atoms with van der Waals surface area (Å²) in [7, 11) is 1.23. The molecule has 0 radical (unpaired) electrons. The minimum absolute atomic E-state index is 0.0251. The van der Waals surface area contributed by atoms with Crippen molar-refractivity contribution in [1.29, 1.82) is 0 Å². The van der Waals surface area contributed by atoms with Gasteiger partial charge in [0.25, 0.3) is 0 Å². The molecule has 0 aliphatic rings. The zero-order valence-electron chi connectivity index (χ0n) is 9.55. The van der Waals surface area contributed by atoms with E-state index < -0.39 is 11.8 Å². The van der Waals surface area contributed by atoms with E-state index in [1.807, 2.05) is 0 Å². The van der Waals surface area contributed by atoms with E-state index in [0.29, 0.717) is 5.69 Å². The topological polar surface area (TPSA) is 78.1 Å². The quantitative estimate of drug-likeness (QED) is 0.644. The van der Waals surface area contributed by atoms with E-state index in [-0.39, 0.29) is 16.8 Å². The molecule has 0 aliphatic carbocycles. The number of nitrogens with two attached hydrogens (primary N) is 1. The number of rotatable bonds is 2. The number of aromatic nitrogens is 2. The Morgan fingerprint density at radius 1 is 1.44 bits per heavy atom. The lowest BCUT2D eigenvalue weighted by molar-refractivity contribution is 0.0602. The molecular formula is C12H10FN3O2. The molecule has 18 heavy (non-hydrogen) atoms. The summed E-state index contributed by atoms with van der Waals surface area (Å²) in [5, 5.41) is 0. The predicted octanol–water partition coefficient (Wildman–Crippen LogP) is 1.65. The molecule has 0 fully saturated rings. The molecule has 92 valence electrons. The summed E-state index contributed by atoms with van der Waals surface area (Å²) in [6.45, 7) is 0.